The maximum Gasteiger partial charge on any atom is 0.401 e. The van der Waals surface area contributed by atoms with E-state index in [1.165, 1.54) is 4.90 Å². The molecule has 2 aromatic rings. The summed E-state index contributed by atoms with van der Waals surface area (Å²) in [6, 6.07) is 1.88. The van der Waals surface area contributed by atoms with Gasteiger partial charge in [-0.1, -0.05) is 6.92 Å². The van der Waals surface area contributed by atoms with Crippen LogP contribution in [0.5, 0.6) is 0 Å². The highest BCUT2D eigenvalue weighted by molar-refractivity contribution is 7.10. The second-order valence-corrected chi connectivity index (χ2v) is 9.92. The number of alkyl halides is 3. The SMILES string of the molecule is CCC(c1scc(C(=O)NCc2c(C)cc(C)[nH]c2=O)c1C)C1CCN(CC(F)(F)F)CC1. The lowest BCUT2D eigenvalue weighted by Crippen LogP contribution is -2.41. The molecule has 0 saturated carbocycles. The molecule has 0 aromatic carbocycles. The van der Waals surface area contributed by atoms with Crippen molar-refractivity contribution in [2.45, 2.75) is 65.6 Å². The standard InChI is InChI=1S/C24H32F3N3O2S/c1-5-18(17-6-8-30(9-7-17)13-24(25,26)27)21-16(4)20(12-33-21)22(31)28-11-19-14(2)10-15(3)29-23(19)32/h10,12,17-18H,5-9,11,13H2,1-4H3,(H,28,31)(H,29,32). The molecule has 1 unspecified atom stereocenters. The minimum atomic E-state index is -4.16. The van der Waals surface area contributed by atoms with Crippen molar-refractivity contribution in [2.24, 2.45) is 5.92 Å². The Morgan fingerprint density at radius 3 is 2.52 bits per heavy atom. The highest BCUT2D eigenvalue weighted by atomic mass is 32.1. The number of carbonyl (C=O) groups is 1. The summed E-state index contributed by atoms with van der Waals surface area (Å²) in [6.07, 6.45) is -1.83. The van der Waals surface area contributed by atoms with Crippen LogP contribution in [0.2, 0.25) is 0 Å². The number of nitrogens with one attached hydrogen (secondary N) is 2. The molecule has 0 bridgehead atoms. The van der Waals surface area contributed by atoms with Gasteiger partial charge < -0.3 is 10.3 Å². The fourth-order valence-corrected chi connectivity index (χ4v) is 6.24. The van der Waals surface area contributed by atoms with Crippen LogP contribution in [0.4, 0.5) is 13.2 Å². The molecule has 1 aliphatic rings. The summed E-state index contributed by atoms with van der Waals surface area (Å²) >= 11 is 1.55. The van der Waals surface area contributed by atoms with Gasteiger partial charge in [-0.05, 0) is 82.2 Å². The summed E-state index contributed by atoms with van der Waals surface area (Å²) in [5.74, 6) is 0.317. The second-order valence-electron chi connectivity index (χ2n) is 9.01. The van der Waals surface area contributed by atoms with E-state index in [-0.39, 0.29) is 23.9 Å². The van der Waals surface area contributed by atoms with Crippen LogP contribution < -0.4 is 10.9 Å². The molecule has 9 heteroatoms. The van der Waals surface area contributed by atoms with E-state index >= 15 is 0 Å². The molecule has 2 aromatic heterocycles. The molecule has 1 saturated heterocycles. The van der Waals surface area contributed by atoms with Crippen LogP contribution >= 0.6 is 11.3 Å². The van der Waals surface area contributed by atoms with Gasteiger partial charge in [-0.15, -0.1) is 11.3 Å². The molecule has 0 aliphatic carbocycles. The average Bonchev–Trinajstić information content (AvgIpc) is 3.09. The van der Waals surface area contributed by atoms with Crippen LogP contribution in [0, 0.1) is 26.7 Å². The van der Waals surface area contributed by atoms with Crippen molar-refractivity contribution in [1.29, 1.82) is 0 Å². The van der Waals surface area contributed by atoms with Crippen LogP contribution in [-0.2, 0) is 6.54 Å². The van der Waals surface area contributed by atoms with Crippen LogP contribution in [0.25, 0.3) is 0 Å². The molecule has 1 atom stereocenters. The molecule has 1 fully saturated rings. The molecule has 3 heterocycles. The third-order valence-corrected chi connectivity index (χ3v) is 7.84. The summed E-state index contributed by atoms with van der Waals surface area (Å²) in [5, 5.41) is 4.72. The van der Waals surface area contributed by atoms with Gasteiger partial charge in [0.25, 0.3) is 11.5 Å². The first-order valence-corrected chi connectivity index (χ1v) is 12.2. The van der Waals surface area contributed by atoms with Gasteiger partial charge in [0.05, 0.1) is 12.1 Å². The monoisotopic (exact) mass is 483 g/mol. The number of halogens is 3. The van der Waals surface area contributed by atoms with Gasteiger partial charge in [-0.25, -0.2) is 0 Å². The number of carbonyl (C=O) groups excluding carboxylic acids is 1. The minimum Gasteiger partial charge on any atom is -0.348 e. The van der Waals surface area contributed by atoms with Crippen molar-refractivity contribution >= 4 is 17.2 Å². The number of likely N-dealkylation sites (tertiary alicyclic amines) is 1. The summed E-state index contributed by atoms with van der Waals surface area (Å²) in [5.41, 5.74) is 3.49. The number of pyridine rings is 1. The molecule has 182 valence electrons. The summed E-state index contributed by atoms with van der Waals surface area (Å²) < 4.78 is 38.1. The van der Waals surface area contributed by atoms with Gasteiger partial charge in [0.2, 0.25) is 0 Å². The number of amides is 1. The number of aromatic amines is 1. The topological polar surface area (TPSA) is 65.2 Å². The number of hydrogen-bond donors (Lipinski definition) is 2. The lowest BCUT2D eigenvalue weighted by Gasteiger charge is -2.36. The van der Waals surface area contributed by atoms with Crippen LogP contribution in [0.3, 0.4) is 0 Å². The van der Waals surface area contributed by atoms with Gasteiger partial charge >= 0.3 is 6.18 Å². The van der Waals surface area contributed by atoms with Crippen molar-refractivity contribution in [2.75, 3.05) is 19.6 Å². The quantitative estimate of drug-likeness (QED) is 0.579. The Bertz CT molecular complexity index is 1040. The Hall–Kier alpha value is -2.13. The Labute approximate surface area is 196 Å². The number of nitrogens with zero attached hydrogens (tertiary/aromatic N) is 1. The lowest BCUT2D eigenvalue weighted by molar-refractivity contribution is -0.148. The third-order valence-electron chi connectivity index (χ3n) is 6.62. The Morgan fingerprint density at radius 1 is 1.27 bits per heavy atom. The Balaban J connectivity index is 1.67. The first kappa shape index (κ1) is 25.5. The van der Waals surface area contributed by atoms with E-state index in [4.69, 9.17) is 0 Å². The molecule has 5 nitrogen and oxygen atoms in total. The first-order chi connectivity index (χ1) is 15.5. The zero-order valence-corrected chi connectivity index (χ0v) is 20.4. The van der Waals surface area contributed by atoms with E-state index in [0.717, 1.165) is 41.0 Å². The molecular formula is C24H32F3N3O2S. The van der Waals surface area contributed by atoms with Crippen molar-refractivity contribution in [3.8, 4) is 0 Å². The number of thiophene rings is 1. The van der Waals surface area contributed by atoms with E-state index in [9.17, 15) is 22.8 Å². The second kappa shape index (κ2) is 10.4. The van der Waals surface area contributed by atoms with E-state index in [1.807, 2.05) is 32.2 Å². The lowest BCUT2D eigenvalue weighted by atomic mass is 9.80. The molecule has 1 aliphatic heterocycles. The Morgan fingerprint density at radius 2 is 1.94 bits per heavy atom. The van der Waals surface area contributed by atoms with E-state index in [1.54, 1.807) is 11.3 Å². The number of rotatable bonds is 7. The summed E-state index contributed by atoms with van der Waals surface area (Å²) in [7, 11) is 0. The molecule has 0 spiro atoms. The molecule has 0 radical (unpaired) electrons. The molecular weight excluding hydrogens is 451 g/mol. The first-order valence-electron chi connectivity index (χ1n) is 11.3. The van der Waals surface area contributed by atoms with Crippen molar-refractivity contribution < 1.29 is 18.0 Å². The fraction of sp³-hybridized carbons (Fsp3) is 0.583. The molecule has 1 amide bonds. The van der Waals surface area contributed by atoms with Crippen molar-refractivity contribution in [3.63, 3.8) is 0 Å². The maximum absolute atomic E-state index is 12.9. The van der Waals surface area contributed by atoms with Crippen LogP contribution in [-0.4, -0.2) is 41.6 Å². The van der Waals surface area contributed by atoms with Crippen molar-refractivity contribution in [1.82, 2.24) is 15.2 Å². The number of hydrogen-bond acceptors (Lipinski definition) is 4. The predicted octanol–water partition coefficient (Wildman–Crippen LogP) is 5.06. The van der Waals surface area contributed by atoms with E-state index in [0.29, 0.717) is 30.1 Å². The van der Waals surface area contributed by atoms with Gasteiger partial charge in [-0.2, -0.15) is 13.2 Å². The number of piperidine rings is 1. The van der Waals surface area contributed by atoms with Gasteiger partial charge in [0, 0.05) is 28.1 Å². The fourth-order valence-electron chi connectivity index (χ4n) is 4.89. The molecule has 3 rings (SSSR count). The minimum absolute atomic E-state index is 0.153. The maximum atomic E-state index is 12.9. The third kappa shape index (κ3) is 6.26. The zero-order chi connectivity index (χ0) is 24.3. The summed E-state index contributed by atoms with van der Waals surface area (Å²) in [4.78, 5) is 30.5. The number of aromatic nitrogens is 1. The highest BCUT2D eigenvalue weighted by Gasteiger charge is 2.35. The van der Waals surface area contributed by atoms with Gasteiger partial charge in [-0.3, -0.25) is 14.5 Å². The van der Waals surface area contributed by atoms with Crippen LogP contribution in [0.1, 0.15) is 69.7 Å². The normalized spacial score (nSPS) is 16.7. The largest absolute Gasteiger partial charge is 0.401 e. The Kier molecular flexibility index (Phi) is 8.05. The highest BCUT2D eigenvalue weighted by Crippen LogP contribution is 2.40. The smallest absolute Gasteiger partial charge is 0.348 e. The van der Waals surface area contributed by atoms with Crippen molar-refractivity contribution in [3.05, 3.63) is 54.6 Å². The average molecular weight is 484 g/mol. The van der Waals surface area contributed by atoms with Crippen LogP contribution in [0.15, 0.2) is 16.2 Å². The van der Waals surface area contributed by atoms with E-state index in [2.05, 4.69) is 17.2 Å². The molecule has 33 heavy (non-hydrogen) atoms. The van der Waals surface area contributed by atoms with E-state index < -0.39 is 12.7 Å². The number of H-pyrrole nitrogens is 1. The van der Waals surface area contributed by atoms with Gasteiger partial charge in [0.15, 0.2) is 0 Å². The number of aryl methyl sites for hydroxylation is 2. The van der Waals surface area contributed by atoms with Gasteiger partial charge in [0.1, 0.15) is 0 Å². The molecule has 2 N–H and O–H groups in total. The summed E-state index contributed by atoms with van der Waals surface area (Å²) in [6.45, 7) is 7.90. The zero-order valence-electron chi connectivity index (χ0n) is 19.6. The predicted molar refractivity (Wildman–Crippen MR) is 125 cm³/mol.